The molecule has 0 aromatic heterocycles. The third-order valence-electron chi connectivity index (χ3n) is 4.12. The molecule has 1 atom stereocenters. The number of aliphatic hydroxyl groups is 1. The van der Waals surface area contributed by atoms with Gasteiger partial charge in [0.05, 0.1) is 6.42 Å². The number of carbonyl (C=O) groups excluding carboxylic acids is 1. The zero-order valence-electron chi connectivity index (χ0n) is 13.1. The molecule has 0 spiro atoms. The number of rotatable bonds is 4. The summed E-state index contributed by atoms with van der Waals surface area (Å²) in [7, 11) is 0. The summed E-state index contributed by atoms with van der Waals surface area (Å²) in [5, 5.41) is 16.8. The molecule has 0 saturated heterocycles. The molecule has 0 radical (unpaired) electrons. The SMILES string of the molecule is CCC1=NN(C(=O)Cc2ccccc2)[C@@](O)(c2ccccc2)C1. The van der Waals surface area contributed by atoms with Crippen molar-refractivity contribution in [1.29, 1.82) is 0 Å². The highest BCUT2D eigenvalue weighted by Gasteiger charge is 2.45. The molecule has 2 aromatic rings. The molecule has 23 heavy (non-hydrogen) atoms. The molecule has 3 rings (SSSR count). The maximum atomic E-state index is 12.7. The smallest absolute Gasteiger partial charge is 0.250 e. The van der Waals surface area contributed by atoms with Crippen LogP contribution >= 0.6 is 0 Å². The van der Waals surface area contributed by atoms with E-state index in [2.05, 4.69) is 5.10 Å². The fraction of sp³-hybridized carbons (Fsp3) is 0.263. The number of hydrogen-bond donors (Lipinski definition) is 1. The van der Waals surface area contributed by atoms with Gasteiger partial charge in [0.15, 0.2) is 5.72 Å². The van der Waals surface area contributed by atoms with Crippen molar-refractivity contribution >= 4 is 11.6 Å². The van der Waals surface area contributed by atoms with Crippen molar-refractivity contribution in [2.45, 2.75) is 31.9 Å². The molecule has 118 valence electrons. The van der Waals surface area contributed by atoms with Gasteiger partial charge < -0.3 is 5.11 Å². The van der Waals surface area contributed by atoms with E-state index in [1.807, 2.05) is 67.6 Å². The lowest BCUT2D eigenvalue weighted by molar-refractivity contribution is -0.157. The number of hydrazone groups is 1. The average Bonchev–Trinajstić information content (AvgIpc) is 2.95. The van der Waals surface area contributed by atoms with Crippen LogP contribution in [0.4, 0.5) is 0 Å². The molecule has 0 aliphatic carbocycles. The summed E-state index contributed by atoms with van der Waals surface area (Å²) in [5.41, 5.74) is 1.04. The van der Waals surface area contributed by atoms with Gasteiger partial charge in [-0.15, -0.1) is 0 Å². The minimum absolute atomic E-state index is 0.203. The molecule has 0 fully saturated rings. The van der Waals surface area contributed by atoms with Crippen LogP contribution in [-0.2, 0) is 16.9 Å². The lowest BCUT2D eigenvalue weighted by Crippen LogP contribution is -2.44. The minimum Gasteiger partial charge on any atom is -0.365 e. The topological polar surface area (TPSA) is 52.9 Å². The molecule has 1 amide bonds. The summed E-state index contributed by atoms with van der Waals surface area (Å²) in [6.07, 6.45) is 1.29. The van der Waals surface area contributed by atoms with Gasteiger partial charge in [-0.2, -0.15) is 10.1 Å². The lowest BCUT2D eigenvalue weighted by atomic mass is 9.96. The van der Waals surface area contributed by atoms with E-state index in [0.717, 1.165) is 11.3 Å². The van der Waals surface area contributed by atoms with Gasteiger partial charge in [0, 0.05) is 17.7 Å². The van der Waals surface area contributed by atoms with Gasteiger partial charge in [0.2, 0.25) is 5.91 Å². The maximum Gasteiger partial charge on any atom is 0.250 e. The van der Waals surface area contributed by atoms with Gasteiger partial charge in [0.25, 0.3) is 0 Å². The summed E-state index contributed by atoms with van der Waals surface area (Å²) >= 11 is 0. The van der Waals surface area contributed by atoms with Crippen LogP contribution in [0.15, 0.2) is 65.8 Å². The summed E-state index contributed by atoms with van der Waals surface area (Å²) in [4.78, 5) is 12.7. The first-order chi connectivity index (χ1) is 11.1. The van der Waals surface area contributed by atoms with Crippen LogP contribution in [-0.4, -0.2) is 21.7 Å². The summed E-state index contributed by atoms with van der Waals surface area (Å²) < 4.78 is 0. The van der Waals surface area contributed by atoms with E-state index in [0.29, 0.717) is 18.4 Å². The number of carbonyl (C=O) groups is 1. The first-order valence-corrected chi connectivity index (χ1v) is 7.84. The molecule has 0 unspecified atom stereocenters. The van der Waals surface area contributed by atoms with Crippen molar-refractivity contribution in [3.05, 3.63) is 71.8 Å². The Morgan fingerprint density at radius 2 is 1.74 bits per heavy atom. The highest BCUT2D eigenvalue weighted by molar-refractivity contribution is 5.91. The van der Waals surface area contributed by atoms with Crippen LogP contribution in [0.3, 0.4) is 0 Å². The number of hydrogen-bond acceptors (Lipinski definition) is 3. The van der Waals surface area contributed by atoms with Crippen LogP contribution in [0.2, 0.25) is 0 Å². The molecule has 4 heteroatoms. The predicted molar refractivity (Wildman–Crippen MR) is 89.7 cm³/mol. The summed E-state index contributed by atoms with van der Waals surface area (Å²) in [6.45, 7) is 1.98. The molecule has 1 aliphatic heterocycles. The second kappa shape index (κ2) is 6.34. The highest BCUT2D eigenvalue weighted by Crippen LogP contribution is 2.36. The zero-order valence-corrected chi connectivity index (χ0v) is 13.1. The third-order valence-corrected chi connectivity index (χ3v) is 4.12. The minimum atomic E-state index is -1.39. The molecule has 1 heterocycles. The molecule has 4 nitrogen and oxygen atoms in total. The van der Waals surface area contributed by atoms with Gasteiger partial charge in [-0.3, -0.25) is 4.79 Å². The molecular weight excluding hydrogens is 288 g/mol. The second-order valence-electron chi connectivity index (χ2n) is 5.75. The van der Waals surface area contributed by atoms with E-state index < -0.39 is 5.72 Å². The van der Waals surface area contributed by atoms with Crippen LogP contribution < -0.4 is 0 Å². The molecule has 1 N–H and O–H groups in total. The fourth-order valence-corrected chi connectivity index (χ4v) is 2.85. The molecule has 0 saturated carbocycles. The van der Waals surface area contributed by atoms with Gasteiger partial charge in [-0.25, -0.2) is 0 Å². The van der Waals surface area contributed by atoms with Crippen molar-refractivity contribution in [2.75, 3.05) is 0 Å². The van der Waals surface area contributed by atoms with Crippen molar-refractivity contribution in [1.82, 2.24) is 5.01 Å². The number of benzene rings is 2. The van der Waals surface area contributed by atoms with Crippen LogP contribution in [0.25, 0.3) is 0 Å². The Morgan fingerprint density at radius 3 is 2.35 bits per heavy atom. The van der Waals surface area contributed by atoms with Gasteiger partial charge >= 0.3 is 0 Å². The van der Waals surface area contributed by atoms with Gasteiger partial charge in [0.1, 0.15) is 0 Å². The summed E-state index contributed by atoms with van der Waals surface area (Å²) in [6, 6.07) is 18.8. The Labute approximate surface area is 136 Å². The van der Waals surface area contributed by atoms with Gasteiger partial charge in [-0.05, 0) is 12.0 Å². The Bertz CT molecular complexity index is 713. The van der Waals surface area contributed by atoms with Crippen molar-refractivity contribution in [3.63, 3.8) is 0 Å². The van der Waals surface area contributed by atoms with E-state index >= 15 is 0 Å². The quantitative estimate of drug-likeness (QED) is 0.943. The first kappa shape index (κ1) is 15.4. The van der Waals surface area contributed by atoms with Crippen molar-refractivity contribution < 1.29 is 9.90 Å². The van der Waals surface area contributed by atoms with Crippen LogP contribution in [0.1, 0.15) is 30.9 Å². The van der Waals surface area contributed by atoms with E-state index in [1.54, 1.807) is 0 Å². The van der Waals surface area contributed by atoms with Crippen molar-refractivity contribution in [2.24, 2.45) is 5.10 Å². The average molecular weight is 308 g/mol. The Balaban J connectivity index is 1.90. The Hall–Kier alpha value is -2.46. The fourth-order valence-electron chi connectivity index (χ4n) is 2.85. The first-order valence-electron chi connectivity index (χ1n) is 7.84. The van der Waals surface area contributed by atoms with Gasteiger partial charge in [-0.1, -0.05) is 67.6 Å². The largest absolute Gasteiger partial charge is 0.365 e. The molecule has 0 bridgehead atoms. The van der Waals surface area contributed by atoms with Crippen LogP contribution in [0, 0.1) is 0 Å². The number of nitrogens with zero attached hydrogens (tertiary/aromatic N) is 2. The lowest BCUT2D eigenvalue weighted by Gasteiger charge is -2.31. The normalized spacial score (nSPS) is 20.4. The van der Waals surface area contributed by atoms with E-state index in [1.165, 1.54) is 5.01 Å². The highest BCUT2D eigenvalue weighted by atomic mass is 16.3. The Morgan fingerprint density at radius 1 is 1.13 bits per heavy atom. The number of amides is 1. The van der Waals surface area contributed by atoms with Crippen molar-refractivity contribution in [3.8, 4) is 0 Å². The maximum absolute atomic E-state index is 12.7. The standard InChI is InChI=1S/C19H20N2O2/c1-2-17-14-19(23,16-11-7-4-8-12-16)21(20-17)18(22)13-15-9-5-3-6-10-15/h3-12,23H,2,13-14H2,1H3/t19-/m0/s1. The third kappa shape index (κ3) is 3.03. The second-order valence-corrected chi connectivity index (χ2v) is 5.75. The van der Waals surface area contributed by atoms with E-state index in [4.69, 9.17) is 0 Å². The van der Waals surface area contributed by atoms with E-state index in [-0.39, 0.29) is 12.3 Å². The Kier molecular flexibility index (Phi) is 4.26. The molecule has 1 aliphatic rings. The van der Waals surface area contributed by atoms with Crippen LogP contribution in [0.5, 0.6) is 0 Å². The molecule has 2 aromatic carbocycles. The molecular formula is C19H20N2O2. The summed E-state index contributed by atoms with van der Waals surface area (Å²) in [5.74, 6) is -0.203. The predicted octanol–water partition coefficient (Wildman–Crippen LogP) is 3.07. The zero-order chi connectivity index (χ0) is 16.3. The van der Waals surface area contributed by atoms with E-state index in [9.17, 15) is 9.90 Å². The monoisotopic (exact) mass is 308 g/mol.